The Bertz CT molecular complexity index is 219. The van der Waals surface area contributed by atoms with Crippen LogP contribution < -0.4 is 0 Å². The van der Waals surface area contributed by atoms with E-state index in [4.69, 9.17) is 0 Å². The van der Waals surface area contributed by atoms with Crippen molar-refractivity contribution in [1.29, 1.82) is 0 Å². The lowest BCUT2D eigenvalue weighted by molar-refractivity contribution is 1.50. The van der Waals surface area contributed by atoms with Crippen molar-refractivity contribution in [3.05, 3.63) is 48.6 Å². The van der Waals surface area contributed by atoms with E-state index in [-0.39, 0.29) is 0 Å². The lowest BCUT2D eigenvalue weighted by Crippen LogP contribution is -1.76. The van der Waals surface area contributed by atoms with Crippen LogP contribution in [0.25, 0.3) is 12.2 Å². The molecule has 1 aromatic rings. The molecule has 0 heterocycles. The first kappa shape index (κ1) is 10.7. The molecule has 0 aliphatic carbocycles. The van der Waals surface area contributed by atoms with Crippen molar-refractivity contribution >= 4 is 12.2 Å². The van der Waals surface area contributed by atoms with Gasteiger partial charge in [-0.15, -0.1) is 0 Å². The lowest BCUT2D eigenvalue weighted by Gasteiger charge is -1.96. The van der Waals surface area contributed by atoms with E-state index < -0.39 is 0 Å². The summed E-state index contributed by atoms with van der Waals surface area (Å²) in [5.41, 5.74) is 2.27. The fourth-order valence-corrected chi connectivity index (χ4v) is 0.883. The van der Waals surface area contributed by atoms with Crippen LogP contribution in [-0.4, -0.2) is 0 Å². The van der Waals surface area contributed by atoms with Gasteiger partial charge in [0.05, 0.1) is 0 Å². The highest BCUT2D eigenvalue weighted by Crippen LogP contribution is 2.10. The van der Waals surface area contributed by atoms with E-state index in [2.05, 4.69) is 13.2 Å². The molecule has 0 aliphatic rings. The minimum Gasteiger partial charge on any atom is -0.0984 e. The van der Waals surface area contributed by atoms with E-state index in [1.54, 1.807) is 0 Å². The molecule has 0 unspecified atom stereocenters. The largest absolute Gasteiger partial charge is 0.0984 e. The van der Waals surface area contributed by atoms with E-state index in [0.29, 0.717) is 0 Å². The van der Waals surface area contributed by atoms with Crippen molar-refractivity contribution in [2.45, 2.75) is 13.8 Å². The van der Waals surface area contributed by atoms with Gasteiger partial charge in [0, 0.05) is 0 Å². The smallest absolute Gasteiger partial charge is 0.0190 e. The average molecular weight is 160 g/mol. The first-order valence-corrected chi connectivity index (χ1v) is 4.22. The summed E-state index contributed by atoms with van der Waals surface area (Å²) in [7, 11) is 0. The van der Waals surface area contributed by atoms with E-state index in [9.17, 15) is 0 Å². The molecule has 0 N–H and O–H groups in total. The van der Waals surface area contributed by atoms with Gasteiger partial charge >= 0.3 is 0 Å². The SMILES string of the molecule is C=Cc1ccccc1C=C.CC. The summed E-state index contributed by atoms with van der Waals surface area (Å²) >= 11 is 0. The van der Waals surface area contributed by atoms with E-state index in [1.165, 1.54) is 0 Å². The first-order valence-electron chi connectivity index (χ1n) is 4.22. The molecule has 12 heavy (non-hydrogen) atoms. The van der Waals surface area contributed by atoms with Gasteiger partial charge in [0.2, 0.25) is 0 Å². The molecular formula is C12H16. The van der Waals surface area contributed by atoms with E-state index in [1.807, 2.05) is 50.3 Å². The van der Waals surface area contributed by atoms with E-state index >= 15 is 0 Å². The summed E-state index contributed by atoms with van der Waals surface area (Å²) < 4.78 is 0. The van der Waals surface area contributed by atoms with Crippen LogP contribution in [0.4, 0.5) is 0 Å². The standard InChI is InChI=1S/C10H10.C2H6/c1-3-9-7-5-6-8-10(9)4-2;1-2/h3-8H,1-2H2;1-2H3. The molecule has 0 saturated heterocycles. The third kappa shape index (κ3) is 2.75. The van der Waals surface area contributed by atoms with Gasteiger partial charge in [0.25, 0.3) is 0 Å². The normalized spacial score (nSPS) is 7.83. The highest BCUT2D eigenvalue weighted by molar-refractivity contribution is 5.63. The molecule has 0 heteroatoms. The monoisotopic (exact) mass is 160 g/mol. The Hall–Kier alpha value is -1.30. The summed E-state index contributed by atoms with van der Waals surface area (Å²) in [5, 5.41) is 0. The predicted molar refractivity (Wildman–Crippen MR) is 58.0 cm³/mol. The minimum absolute atomic E-state index is 1.14. The minimum atomic E-state index is 1.14. The quantitative estimate of drug-likeness (QED) is 0.613. The Balaban J connectivity index is 0.000000561. The van der Waals surface area contributed by atoms with Crippen LogP contribution in [0.15, 0.2) is 37.4 Å². The molecule has 0 aromatic heterocycles. The maximum absolute atomic E-state index is 3.69. The summed E-state index contributed by atoms with van der Waals surface area (Å²) in [6.07, 6.45) is 3.66. The second kappa shape index (κ2) is 6.41. The summed E-state index contributed by atoms with van der Waals surface area (Å²) in [6, 6.07) is 8.02. The van der Waals surface area contributed by atoms with Crippen LogP contribution in [0.2, 0.25) is 0 Å². The van der Waals surface area contributed by atoms with Gasteiger partial charge in [0.15, 0.2) is 0 Å². The van der Waals surface area contributed by atoms with Crippen LogP contribution in [0, 0.1) is 0 Å². The summed E-state index contributed by atoms with van der Waals surface area (Å²) in [4.78, 5) is 0. The molecular weight excluding hydrogens is 144 g/mol. The summed E-state index contributed by atoms with van der Waals surface area (Å²) in [5.74, 6) is 0. The number of hydrogen-bond acceptors (Lipinski definition) is 0. The third-order valence-corrected chi connectivity index (χ3v) is 1.44. The van der Waals surface area contributed by atoms with Gasteiger partial charge in [-0.05, 0) is 11.1 Å². The van der Waals surface area contributed by atoms with Gasteiger partial charge in [0.1, 0.15) is 0 Å². The molecule has 1 aromatic carbocycles. The van der Waals surface area contributed by atoms with Crippen LogP contribution >= 0.6 is 0 Å². The van der Waals surface area contributed by atoms with Gasteiger partial charge < -0.3 is 0 Å². The second-order valence-electron chi connectivity index (χ2n) is 2.04. The van der Waals surface area contributed by atoms with Crippen molar-refractivity contribution in [2.75, 3.05) is 0 Å². The van der Waals surface area contributed by atoms with Crippen molar-refractivity contribution in [1.82, 2.24) is 0 Å². The molecule has 0 saturated carbocycles. The van der Waals surface area contributed by atoms with Crippen molar-refractivity contribution < 1.29 is 0 Å². The van der Waals surface area contributed by atoms with Gasteiger partial charge in [-0.1, -0.05) is 63.4 Å². The highest BCUT2D eigenvalue weighted by atomic mass is 13.9. The molecule has 0 amide bonds. The van der Waals surface area contributed by atoms with Crippen molar-refractivity contribution in [3.63, 3.8) is 0 Å². The van der Waals surface area contributed by atoms with Crippen LogP contribution in [0.5, 0.6) is 0 Å². The number of rotatable bonds is 2. The molecule has 0 atom stereocenters. The Kier molecular flexibility index (Phi) is 5.72. The Morgan fingerprint density at radius 1 is 0.917 bits per heavy atom. The zero-order valence-electron chi connectivity index (χ0n) is 7.88. The lowest BCUT2D eigenvalue weighted by atomic mass is 10.1. The summed E-state index contributed by atoms with van der Waals surface area (Å²) in [6.45, 7) is 11.4. The number of benzene rings is 1. The topological polar surface area (TPSA) is 0 Å². The van der Waals surface area contributed by atoms with Gasteiger partial charge in [-0.3, -0.25) is 0 Å². The van der Waals surface area contributed by atoms with Crippen LogP contribution in [0.3, 0.4) is 0 Å². The Morgan fingerprint density at radius 3 is 1.50 bits per heavy atom. The Morgan fingerprint density at radius 2 is 1.25 bits per heavy atom. The second-order valence-corrected chi connectivity index (χ2v) is 2.04. The number of hydrogen-bond donors (Lipinski definition) is 0. The van der Waals surface area contributed by atoms with Gasteiger partial charge in [-0.2, -0.15) is 0 Å². The predicted octanol–water partition coefficient (Wildman–Crippen LogP) is 4.00. The fourth-order valence-electron chi connectivity index (χ4n) is 0.883. The average Bonchev–Trinajstić information content (AvgIpc) is 2.20. The zero-order valence-corrected chi connectivity index (χ0v) is 7.88. The molecule has 0 aliphatic heterocycles. The maximum Gasteiger partial charge on any atom is -0.0190 e. The molecule has 0 radical (unpaired) electrons. The van der Waals surface area contributed by atoms with Crippen molar-refractivity contribution in [3.8, 4) is 0 Å². The molecule has 0 spiro atoms. The highest BCUT2D eigenvalue weighted by Gasteiger charge is 1.89. The molecule has 0 fully saturated rings. The van der Waals surface area contributed by atoms with Gasteiger partial charge in [-0.25, -0.2) is 0 Å². The van der Waals surface area contributed by atoms with E-state index in [0.717, 1.165) is 11.1 Å². The van der Waals surface area contributed by atoms with Crippen molar-refractivity contribution in [2.24, 2.45) is 0 Å². The van der Waals surface area contributed by atoms with Crippen LogP contribution in [0.1, 0.15) is 25.0 Å². The molecule has 0 bridgehead atoms. The third-order valence-electron chi connectivity index (χ3n) is 1.44. The maximum atomic E-state index is 3.69. The molecule has 0 nitrogen and oxygen atoms in total. The fraction of sp³-hybridized carbons (Fsp3) is 0.167. The van der Waals surface area contributed by atoms with Crippen LogP contribution in [-0.2, 0) is 0 Å². The molecule has 64 valence electrons. The first-order chi connectivity index (χ1) is 5.88. The Labute approximate surface area is 75.2 Å². The molecule has 1 rings (SSSR count). The zero-order chi connectivity index (χ0) is 9.40.